The van der Waals surface area contributed by atoms with Gasteiger partial charge in [0, 0.05) is 24.8 Å². The zero-order valence-corrected chi connectivity index (χ0v) is 11.9. The maximum atomic E-state index is 5.76. The molecule has 1 atom stereocenters. The lowest BCUT2D eigenvalue weighted by Crippen LogP contribution is -2.41. The molecule has 4 N–H and O–H groups in total. The SMILES string of the molecule is C=CNCCC(CCN)N1Cc2ccccc2NC1=C. The third-order valence-corrected chi connectivity index (χ3v) is 3.69. The molecule has 2 rings (SSSR count). The lowest BCUT2D eigenvalue weighted by Gasteiger charge is -2.39. The Morgan fingerprint density at radius 1 is 1.40 bits per heavy atom. The van der Waals surface area contributed by atoms with Gasteiger partial charge in [-0.15, -0.1) is 0 Å². The van der Waals surface area contributed by atoms with Crippen LogP contribution in [-0.4, -0.2) is 24.0 Å². The fourth-order valence-corrected chi connectivity index (χ4v) is 2.64. The van der Waals surface area contributed by atoms with Crippen molar-refractivity contribution < 1.29 is 0 Å². The summed E-state index contributed by atoms with van der Waals surface area (Å²) in [6, 6.07) is 8.75. The number of rotatable bonds is 7. The zero-order chi connectivity index (χ0) is 14.4. The van der Waals surface area contributed by atoms with Gasteiger partial charge in [0.05, 0.1) is 5.82 Å². The molecule has 0 fully saturated rings. The van der Waals surface area contributed by atoms with E-state index < -0.39 is 0 Å². The third kappa shape index (κ3) is 3.33. The zero-order valence-electron chi connectivity index (χ0n) is 11.9. The molecule has 1 unspecified atom stereocenters. The maximum Gasteiger partial charge on any atom is 0.0989 e. The minimum atomic E-state index is 0.390. The minimum absolute atomic E-state index is 0.390. The van der Waals surface area contributed by atoms with Crippen LogP contribution in [0.2, 0.25) is 0 Å². The van der Waals surface area contributed by atoms with Crippen LogP contribution in [0.15, 0.2) is 49.4 Å². The molecule has 4 nitrogen and oxygen atoms in total. The predicted octanol–water partition coefficient (Wildman–Crippen LogP) is 2.23. The van der Waals surface area contributed by atoms with Crippen LogP contribution >= 0.6 is 0 Å². The number of nitrogens with two attached hydrogens (primary N) is 1. The van der Waals surface area contributed by atoms with E-state index in [1.165, 1.54) is 5.56 Å². The molecule has 1 aliphatic rings. The molecule has 1 heterocycles. The standard InChI is InChI=1S/C16H24N4/c1-3-18-11-9-15(8-10-17)20-12-14-6-4-5-7-16(14)19-13(20)2/h3-7,15,18-19H,1-2,8-12,17H2. The van der Waals surface area contributed by atoms with Crippen molar-refractivity contribution in [2.75, 3.05) is 18.4 Å². The Morgan fingerprint density at radius 2 is 2.20 bits per heavy atom. The van der Waals surface area contributed by atoms with Gasteiger partial charge in [0.25, 0.3) is 0 Å². The summed E-state index contributed by atoms with van der Waals surface area (Å²) >= 11 is 0. The van der Waals surface area contributed by atoms with Crippen LogP contribution in [0.25, 0.3) is 0 Å². The third-order valence-electron chi connectivity index (χ3n) is 3.69. The van der Waals surface area contributed by atoms with E-state index >= 15 is 0 Å². The highest BCUT2D eigenvalue weighted by molar-refractivity contribution is 5.56. The fourth-order valence-electron chi connectivity index (χ4n) is 2.64. The Bertz CT molecular complexity index is 469. The van der Waals surface area contributed by atoms with Crippen LogP contribution in [-0.2, 0) is 6.54 Å². The van der Waals surface area contributed by atoms with Crippen LogP contribution < -0.4 is 16.4 Å². The maximum absolute atomic E-state index is 5.76. The highest BCUT2D eigenvalue weighted by Gasteiger charge is 2.24. The summed E-state index contributed by atoms with van der Waals surface area (Å²) in [6.07, 6.45) is 3.71. The minimum Gasteiger partial charge on any atom is -0.391 e. The molecule has 0 radical (unpaired) electrons. The molecular weight excluding hydrogens is 248 g/mol. The fraction of sp³-hybridized carbons (Fsp3) is 0.375. The molecule has 0 saturated heterocycles. The molecule has 0 bridgehead atoms. The van der Waals surface area contributed by atoms with E-state index in [0.717, 1.165) is 37.4 Å². The topological polar surface area (TPSA) is 53.3 Å². The average molecular weight is 272 g/mol. The quantitative estimate of drug-likeness (QED) is 0.666. The van der Waals surface area contributed by atoms with Crippen LogP contribution in [0.4, 0.5) is 5.69 Å². The van der Waals surface area contributed by atoms with Gasteiger partial charge in [-0.25, -0.2) is 0 Å². The molecule has 0 aromatic heterocycles. The summed E-state index contributed by atoms with van der Waals surface area (Å²) in [5.74, 6) is 0.959. The van der Waals surface area contributed by atoms with Crippen molar-refractivity contribution in [3.8, 4) is 0 Å². The smallest absolute Gasteiger partial charge is 0.0989 e. The highest BCUT2D eigenvalue weighted by Crippen LogP contribution is 2.29. The molecule has 0 amide bonds. The Kier molecular flexibility index (Phi) is 5.07. The van der Waals surface area contributed by atoms with E-state index in [0.29, 0.717) is 12.6 Å². The second-order valence-electron chi connectivity index (χ2n) is 5.03. The van der Waals surface area contributed by atoms with Crippen molar-refractivity contribution in [2.24, 2.45) is 5.73 Å². The van der Waals surface area contributed by atoms with Crippen molar-refractivity contribution in [3.05, 3.63) is 55.0 Å². The van der Waals surface area contributed by atoms with Crippen molar-refractivity contribution in [1.29, 1.82) is 0 Å². The summed E-state index contributed by atoms with van der Waals surface area (Å²) in [7, 11) is 0. The van der Waals surface area contributed by atoms with Gasteiger partial charge in [-0.05, 0) is 37.2 Å². The van der Waals surface area contributed by atoms with Crippen LogP contribution in [0, 0.1) is 0 Å². The molecule has 0 saturated carbocycles. The number of nitrogens with one attached hydrogen (secondary N) is 2. The van der Waals surface area contributed by atoms with Gasteiger partial charge in [-0.3, -0.25) is 0 Å². The number of fused-ring (bicyclic) bond motifs is 1. The van der Waals surface area contributed by atoms with Crippen molar-refractivity contribution in [2.45, 2.75) is 25.4 Å². The monoisotopic (exact) mass is 272 g/mol. The molecule has 1 aliphatic heterocycles. The first-order chi connectivity index (χ1) is 9.76. The second-order valence-corrected chi connectivity index (χ2v) is 5.03. The Labute approximate surface area is 121 Å². The average Bonchev–Trinajstić information content (AvgIpc) is 2.46. The molecule has 1 aromatic rings. The van der Waals surface area contributed by atoms with E-state index in [1.807, 2.05) is 6.07 Å². The number of anilines is 1. The van der Waals surface area contributed by atoms with E-state index in [9.17, 15) is 0 Å². The van der Waals surface area contributed by atoms with Crippen molar-refractivity contribution in [1.82, 2.24) is 10.2 Å². The number of benzene rings is 1. The van der Waals surface area contributed by atoms with E-state index in [4.69, 9.17) is 5.73 Å². The second kappa shape index (κ2) is 7.01. The highest BCUT2D eigenvalue weighted by atomic mass is 15.3. The number of hydrogen-bond acceptors (Lipinski definition) is 4. The molecule has 0 aliphatic carbocycles. The molecular formula is C16H24N4. The van der Waals surface area contributed by atoms with Crippen LogP contribution in [0.5, 0.6) is 0 Å². The van der Waals surface area contributed by atoms with Gasteiger partial charge in [0.1, 0.15) is 0 Å². The lowest BCUT2D eigenvalue weighted by molar-refractivity contribution is 0.221. The number of para-hydroxylation sites is 1. The van der Waals surface area contributed by atoms with Crippen molar-refractivity contribution >= 4 is 5.69 Å². The summed E-state index contributed by atoms with van der Waals surface area (Å²) in [6.45, 7) is 10.3. The van der Waals surface area contributed by atoms with Crippen LogP contribution in [0.1, 0.15) is 18.4 Å². The van der Waals surface area contributed by atoms with Gasteiger partial charge in [0.15, 0.2) is 0 Å². The molecule has 0 spiro atoms. The largest absolute Gasteiger partial charge is 0.391 e. The summed E-state index contributed by atoms with van der Waals surface area (Å²) in [5, 5.41) is 6.55. The Hall–Kier alpha value is -1.94. The van der Waals surface area contributed by atoms with E-state index in [1.54, 1.807) is 6.20 Å². The molecule has 4 heteroatoms. The van der Waals surface area contributed by atoms with Crippen molar-refractivity contribution in [3.63, 3.8) is 0 Å². The Morgan fingerprint density at radius 3 is 2.95 bits per heavy atom. The molecule has 108 valence electrons. The Balaban J connectivity index is 2.08. The first kappa shape index (κ1) is 14.5. The summed E-state index contributed by atoms with van der Waals surface area (Å²) < 4.78 is 0. The lowest BCUT2D eigenvalue weighted by atomic mass is 10.0. The van der Waals surface area contributed by atoms with Gasteiger partial charge in [0.2, 0.25) is 0 Å². The van der Waals surface area contributed by atoms with Gasteiger partial charge in [-0.1, -0.05) is 31.4 Å². The number of nitrogens with zero attached hydrogens (tertiary/aromatic N) is 1. The first-order valence-corrected chi connectivity index (χ1v) is 7.11. The van der Waals surface area contributed by atoms with Gasteiger partial charge >= 0.3 is 0 Å². The van der Waals surface area contributed by atoms with E-state index in [2.05, 4.69) is 46.9 Å². The van der Waals surface area contributed by atoms with Gasteiger partial charge in [-0.2, -0.15) is 0 Å². The van der Waals surface area contributed by atoms with Gasteiger partial charge < -0.3 is 21.3 Å². The van der Waals surface area contributed by atoms with E-state index in [-0.39, 0.29) is 0 Å². The number of hydrogen-bond donors (Lipinski definition) is 3. The summed E-state index contributed by atoms with van der Waals surface area (Å²) in [5.41, 5.74) is 8.22. The van der Waals surface area contributed by atoms with Crippen LogP contribution in [0.3, 0.4) is 0 Å². The molecule has 1 aromatic carbocycles. The molecule has 20 heavy (non-hydrogen) atoms. The normalized spacial score (nSPS) is 15.2. The first-order valence-electron chi connectivity index (χ1n) is 7.11. The predicted molar refractivity (Wildman–Crippen MR) is 85.0 cm³/mol. The summed E-state index contributed by atoms with van der Waals surface area (Å²) in [4.78, 5) is 2.32.